The van der Waals surface area contributed by atoms with E-state index in [-0.39, 0.29) is 24.8 Å². The van der Waals surface area contributed by atoms with Crippen LogP contribution in [0.4, 0.5) is 0 Å². The highest BCUT2D eigenvalue weighted by Crippen LogP contribution is 2.25. The standard InChI is InChI=1S/C16H18ClN3O2S/c1-2-7-18-15(22)9-19-14(21)8-13-10-23-16(20-13)11-3-5-12(17)6-4-11/h3-6,10H,2,7-9H2,1H3,(H,18,22)(H,19,21). The molecule has 2 N–H and O–H groups in total. The van der Waals surface area contributed by atoms with E-state index in [9.17, 15) is 9.59 Å². The molecule has 0 aliphatic heterocycles. The maximum absolute atomic E-state index is 11.8. The molecule has 2 rings (SSSR count). The summed E-state index contributed by atoms with van der Waals surface area (Å²) in [5, 5.41) is 8.65. The summed E-state index contributed by atoms with van der Waals surface area (Å²) in [5.74, 6) is -0.398. The summed E-state index contributed by atoms with van der Waals surface area (Å²) in [4.78, 5) is 27.7. The van der Waals surface area contributed by atoms with Crippen LogP contribution in [0.5, 0.6) is 0 Å². The van der Waals surface area contributed by atoms with Gasteiger partial charge in [0.1, 0.15) is 5.01 Å². The summed E-state index contributed by atoms with van der Waals surface area (Å²) >= 11 is 7.34. The molecule has 0 aliphatic carbocycles. The Morgan fingerprint density at radius 1 is 1.17 bits per heavy atom. The fourth-order valence-electron chi connectivity index (χ4n) is 1.85. The molecule has 1 heterocycles. The summed E-state index contributed by atoms with van der Waals surface area (Å²) in [6, 6.07) is 7.39. The van der Waals surface area contributed by atoms with Crippen LogP contribution in [0.1, 0.15) is 19.0 Å². The fraction of sp³-hybridized carbons (Fsp3) is 0.312. The van der Waals surface area contributed by atoms with Crippen LogP contribution in [-0.4, -0.2) is 29.9 Å². The lowest BCUT2D eigenvalue weighted by Gasteiger charge is -2.05. The third-order valence-electron chi connectivity index (χ3n) is 3.00. The van der Waals surface area contributed by atoms with Crippen molar-refractivity contribution in [1.82, 2.24) is 15.6 Å². The Morgan fingerprint density at radius 2 is 1.91 bits per heavy atom. The van der Waals surface area contributed by atoms with Crippen molar-refractivity contribution in [3.63, 3.8) is 0 Å². The molecular formula is C16H18ClN3O2S. The summed E-state index contributed by atoms with van der Waals surface area (Å²) in [7, 11) is 0. The van der Waals surface area contributed by atoms with Gasteiger partial charge >= 0.3 is 0 Å². The van der Waals surface area contributed by atoms with Crippen molar-refractivity contribution in [2.45, 2.75) is 19.8 Å². The molecule has 5 nitrogen and oxygen atoms in total. The molecule has 23 heavy (non-hydrogen) atoms. The molecule has 122 valence electrons. The zero-order chi connectivity index (χ0) is 16.7. The first-order chi connectivity index (χ1) is 11.1. The van der Waals surface area contributed by atoms with Crippen molar-refractivity contribution in [2.24, 2.45) is 0 Å². The van der Waals surface area contributed by atoms with Gasteiger partial charge in [0.25, 0.3) is 0 Å². The third kappa shape index (κ3) is 5.65. The van der Waals surface area contributed by atoms with Gasteiger partial charge in [-0.15, -0.1) is 11.3 Å². The molecule has 0 saturated carbocycles. The van der Waals surface area contributed by atoms with Gasteiger partial charge in [-0.25, -0.2) is 4.98 Å². The number of hydrogen-bond donors (Lipinski definition) is 2. The lowest BCUT2D eigenvalue weighted by molar-refractivity contribution is -0.125. The molecule has 1 aromatic carbocycles. The Hall–Kier alpha value is -1.92. The van der Waals surface area contributed by atoms with E-state index >= 15 is 0 Å². The Morgan fingerprint density at radius 3 is 2.61 bits per heavy atom. The largest absolute Gasteiger partial charge is 0.355 e. The molecule has 0 spiro atoms. The molecule has 2 amide bonds. The first-order valence-corrected chi connectivity index (χ1v) is 8.58. The van der Waals surface area contributed by atoms with Crippen molar-refractivity contribution in [2.75, 3.05) is 13.1 Å². The topological polar surface area (TPSA) is 71.1 Å². The van der Waals surface area contributed by atoms with Gasteiger partial charge in [0.15, 0.2) is 0 Å². The predicted octanol–water partition coefficient (Wildman–Crippen LogP) is 2.65. The van der Waals surface area contributed by atoms with Gasteiger partial charge in [0, 0.05) is 22.5 Å². The Kier molecular flexibility index (Phi) is 6.55. The first kappa shape index (κ1) is 17.4. The Bertz CT molecular complexity index is 670. The maximum Gasteiger partial charge on any atom is 0.239 e. The number of aromatic nitrogens is 1. The van der Waals surface area contributed by atoms with Crippen molar-refractivity contribution in [3.8, 4) is 10.6 Å². The molecule has 0 saturated heterocycles. The van der Waals surface area contributed by atoms with Gasteiger partial charge < -0.3 is 10.6 Å². The summed E-state index contributed by atoms with van der Waals surface area (Å²) < 4.78 is 0. The van der Waals surface area contributed by atoms with Crippen molar-refractivity contribution in [1.29, 1.82) is 0 Å². The highest BCUT2D eigenvalue weighted by molar-refractivity contribution is 7.13. The number of thiazole rings is 1. The molecule has 0 atom stereocenters. The van der Waals surface area contributed by atoms with Gasteiger partial charge in [-0.05, 0) is 18.6 Å². The quantitative estimate of drug-likeness (QED) is 0.805. The number of amides is 2. The number of carbonyl (C=O) groups excluding carboxylic acids is 2. The molecule has 2 aromatic rings. The van der Waals surface area contributed by atoms with Crippen LogP contribution in [0.2, 0.25) is 5.02 Å². The lowest BCUT2D eigenvalue weighted by Crippen LogP contribution is -2.37. The van der Waals surface area contributed by atoms with Gasteiger partial charge in [0.05, 0.1) is 18.7 Å². The average Bonchev–Trinajstić information content (AvgIpc) is 3.00. The predicted molar refractivity (Wildman–Crippen MR) is 92.6 cm³/mol. The number of carbonyl (C=O) groups is 2. The SMILES string of the molecule is CCCNC(=O)CNC(=O)Cc1csc(-c2ccc(Cl)cc2)n1. The smallest absolute Gasteiger partial charge is 0.239 e. The van der Waals surface area contributed by atoms with Crippen LogP contribution < -0.4 is 10.6 Å². The number of nitrogens with one attached hydrogen (secondary N) is 2. The number of hydrogen-bond acceptors (Lipinski definition) is 4. The zero-order valence-electron chi connectivity index (χ0n) is 12.8. The van der Waals surface area contributed by atoms with E-state index in [1.807, 2.05) is 24.4 Å². The molecule has 0 radical (unpaired) electrons. The van der Waals surface area contributed by atoms with E-state index in [1.165, 1.54) is 11.3 Å². The minimum absolute atomic E-state index is 0.00693. The van der Waals surface area contributed by atoms with Gasteiger partial charge in [-0.2, -0.15) is 0 Å². The van der Waals surface area contributed by atoms with Crippen LogP contribution in [0, 0.1) is 0 Å². The van der Waals surface area contributed by atoms with Crippen molar-refractivity contribution < 1.29 is 9.59 Å². The molecule has 0 bridgehead atoms. The summed E-state index contributed by atoms with van der Waals surface area (Å²) in [5.41, 5.74) is 1.65. The second kappa shape index (κ2) is 8.64. The lowest BCUT2D eigenvalue weighted by atomic mass is 10.2. The summed E-state index contributed by atoms with van der Waals surface area (Å²) in [6.07, 6.45) is 1.02. The molecule has 0 unspecified atom stereocenters. The zero-order valence-corrected chi connectivity index (χ0v) is 14.3. The molecule has 7 heteroatoms. The van der Waals surface area contributed by atoms with E-state index in [4.69, 9.17) is 11.6 Å². The van der Waals surface area contributed by atoms with Crippen LogP contribution in [0.15, 0.2) is 29.6 Å². The van der Waals surface area contributed by atoms with Gasteiger partial charge in [-0.1, -0.05) is 30.7 Å². The van der Waals surface area contributed by atoms with Gasteiger partial charge in [0.2, 0.25) is 11.8 Å². The average molecular weight is 352 g/mol. The number of halogens is 1. The van der Waals surface area contributed by atoms with E-state index in [0.29, 0.717) is 17.3 Å². The van der Waals surface area contributed by atoms with E-state index < -0.39 is 0 Å². The Balaban J connectivity index is 1.85. The van der Waals surface area contributed by atoms with E-state index in [1.54, 1.807) is 12.1 Å². The number of rotatable bonds is 7. The Labute approximate surface area is 144 Å². The monoisotopic (exact) mass is 351 g/mol. The van der Waals surface area contributed by atoms with Crippen LogP contribution in [0.3, 0.4) is 0 Å². The second-order valence-electron chi connectivity index (χ2n) is 4.95. The summed E-state index contributed by atoms with van der Waals surface area (Å²) in [6.45, 7) is 2.58. The van der Waals surface area contributed by atoms with Gasteiger partial charge in [-0.3, -0.25) is 9.59 Å². The normalized spacial score (nSPS) is 10.3. The van der Waals surface area contributed by atoms with Crippen LogP contribution in [0.25, 0.3) is 10.6 Å². The first-order valence-electron chi connectivity index (χ1n) is 7.32. The van der Waals surface area contributed by atoms with Crippen molar-refractivity contribution in [3.05, 3.63) is 40.4 Å². The highest BCUT2D eigenvalue weighted by Gasteiger charge is 2.10. The minimum Gasteiger partial charge on any atom is -0.355 e. The van der Waals surface area contributed by atoms with E-state index in [2.05, 4.69) is 15.6 Å². The minimum atomic E-state index is -0.218. The highest BCUT2D eigenvalue weighted by atomic mass is 35.5. The van der Waals surface area contributed by atoms with Crippen LogP contribution in [-0.2, 0) is 16.0 Å². The number of benzene rings is 1. The maximum atomic E-state index is 11.8. The number of nitrogens with zero attached hydrogens (tertiary/aromatic N) is 1. The molecular weight excluding hydrogens is 334 g/mol. The fourth-order valence-corrected chi connectivity index (χ4v) is 2.80. The molecule has 0 fully saturated rings. The van der Waals surface area contributed by atoms with E-state index in [0.717, 1.165) is 17.0 Å². The third-order valence-corrected chi connectivity index (χ3v) is 4.20. The second-order valence-corrected chi connectivity index (χ2v) is 6.25. The molecule has 1 aromatic heterocycles. The molecule has 0 aliphatic rings. The van der Waals surface area contributed by atoms with Crippen molar-refractivity contribution >= 4 is 34.8 Å². The van der Waals surface area contributed by atoms with Crippen LogP contribution >= 0.6 is 22.9 Å².